The Hall–Kier alpha value is -0.680. The predicted octanol–water partition coefficient (Wildman–Crippen LogP) is 4.18. The van der Waals surface area contributed by atoms with E-state index in [2.05, 4.69) is 27.8 Å². The van der Waals surface area contributed by atoms with Crippen LogP contribution in [0.5, 0.6) is 0 Å². The summed E-state index contributed by atoms with van der Waals surface area (Å²) in [6.45, 7) is 2.18. The molecule has 0 spiro atoms. The first-order chi connectivity index (χ1) is 7.58. The standard InChI is InChI=1S/C11H10BrFN2S/c1-5-2-9(5)15-10-4-7(13)6(12)3-8(10)14-11(15)16/h3-5,9H,2H2,1H3,(H,14,16). The maximum absolute atomic E-state index is 13.5. The monoisotopic (exact) mass is 300 g/mol. The number of rotatable bonds is 1. The molecule has 16 heavy (non-hydrogen) atoms. The van der Waals surface area contributed by atoms with Crippen LogP contribution in [0.15, 0.2) is 16.6 Å². The second kappa shape index (κ2) is 3.40. The van der Waals surface area contributed by atoms with E-state index in [4.69, 9.17) is 12.2 Å². The van der Waals surface area contributed by atoms with Crippen LogP contribution in [0.3, 0.4) is 0 Å². The molecule has 2 atom stereocenters. The lowest BCUT2D eigenvalue weighted by Crippen LogP contribution is -1.95. The van der Waals surface area contributed by atoms with E-state index in [0.29, 0.717) is 21.2 Å². The summed E-state index contributed by atoms with van der Waals surface area (Å²) in [5.41, 5.74) is 1.75. The van der Waals surface area contributed by atoms with E-state index in [0.717, 1.165) is 17.5 Å². The van der Waals surface area contributed by atoms with Crippen LogP contribution in [0.4, 0.5) is 4.39 Å². The lowest BCUT2D eigenvalue weighted by Gasteiger charge is -2.02. The number of H-pyrrole nitrogens is 1. The average Bonchev–Trinajstić information content (AvgIpc) is 2.82. The molecule has 0 radical (unpaired) electrons. The third-order valence-electron chi connectivity index (χ3n) is 3.16. The number of aromatic amines is 1. The molecule has 2 unspecified atom stereocenters. The van der Waals surface area contributed by atoms with Gasteiger partial charge in [0.05, 0.1) is 15.5 Å². The van der Waals surface area contributed by atoms with E-state index in [1.165, 1.54) is 6.07 Å². The zero-order valence-electron chi connectivity index (χ0n) is 8.63. The molecular weight excluding hydrogens is 291 g/mol. The van der Waals surface area contributed by atoms with Crippen molar-refractivity contribution in [3.8, 4) is 0 Å². The van der Waals surface area contributed by atoms with Crippen molar-refractivity contribution in [3.63, 3.8) is 0 Å². The van der Waals surface area contributed by atoms with E-state index in [-0.39, 0.29) is 5.82 Å². The fourth-order valence-electron chi connectivity index (χ4n) is 2.11. The molecule has 1 heterocycles. The minimum Gasteiger partial charge on any atom is -0.331 e. The third kappa shape index (κ3) is 1.45. The highest BCUT2D eigenvalue weighted by molar-refractivity contribution is 9.10. The first kappa shape index (κ1) is 10.5. The number of hydrogen-bond donors (Lipinski definition) is 1. The van der Waals surface area contributed by atoms with Crippen molar-refractivity contribution in [2.45, 2.75) is 19.4 Å². The summed E-state index contributed by atoms with van der Waals surface area (Å²) < 4.78 is 16.7. The van der Waals surface area contributed by atoms with Crippen molar-refractivity contribution in [1.82, 2.24) is 9.55 Å². The van der Waals surface area contributed by atoms with Gasteiger partial charge in [-0.3, -0.25) is 0 Å². The van der Waals surface area contributed by atoms with Gasteiger partial charge in [-0.1, -0.05) is 6.92 Å². The van der Waals surface area contributed by atoms with Gasteiger partial charge in [-0.15, -0.1) is 0 Å². The van der Waals surface area contributed by atoms with Crippen molar-refractivity contribution < 1.29 is 4.39 Å². The van der Waals surface area contributed by atoms with Crippen molar-refractivity contribution in [2.24, 2.45) is 5.92 Å². The van der Waals surface area contributed by atoms with E-state index >= 15 is 0 Å². The smallest absolute Gasteiger partial charge is 0.178 e. The summed E-state index contributed by atoms with van der Waals surface area (Å²) in [6, 6.07) is 3.71. The van der Waals surface area contributed by atoms with Gasteiger partial charge in [-0.25, -0.2) is 4.39 Å². The first-order valence-corrected chi connectivity index (χ1v) is 6.37. The van der Waals surface area contributed by atoms with Crippen molar-refractivity contribution in [1.29, 1.82) is 0 Å². The van der Waals surface area contributed by atoms with Crippen LogP contribution in [0.1, 0.15) is 19.4 Å². The third-order valence-corrected chi connectivity index (χ3v) is 4.06. The molecule has 2 aromatic rings. The minimum atomic E-state index is -0.247. The Labute approximate surface area is 106 Å². The Kier molecular flexibility index (Phi) is 2.23. The molecule has 0 saturated heterocycles. The lowest BCUT2D eigenvalue weighted by atomic mass is 10.3. The molecule has 2 nitrogen and oxygen atoms in total. The number of benzene rings is 1. The number of nitrogens with zero attached hydrogens (tertiary/aromatic N) is 1. The normalized spacial score (nSPS) is 23.9. The molecule has 3 rings (SSSR count). The Bertz CT molecular complexity index is 631. The van der Waals surface area contributed by atoms with Crippen LogP contribution in [0.25, 0.3) is 11.0 Å². The first-order valence-electron chi connectivity index (χ1n) is 5.17. The predicted molar refractivity (Wildman–Crippen MR) is 67.6 cm³/mol. The number of imidazole rings is 1. The molecule has 0 bridgehead atoms. The molecule has 1 aliphatic rings. The topological polar surface area (TPSA) is 20.7 Å². The molecule has 5 heteroatoms. The number of hydrogen-bond acceptors (Lipinski definition) is 1. The summed E-state index contributed by atoms with van der Waals surface area (Å²) in [6.07, 6.45) is 1.12. The van der Waals surface area contributed by atoms with E-state index in [1.807, 2.05) is 4.57 Å². The summed E-state index contributed by atoms with van der Waals surface area (Å²) in [5, 5.41) is 0. The fraction of sp³-hybridized carbons (Fsp3) is 0.364. The Balaban J connectivity index is 2.31. The molecule has 84 valence electrons. The molecule has 1 aliphatic carbocycles. The molecule has 0 amide bonds. The molecule has 1 saturated carbocycles. The lowest BCUT2D eigenvalue weighted by molar-refractivity contribution is 0.620. The minimum absolute atomic E-state index is 0.247. The van der Waals surface area contributed by atoms with E-state index < -0.39 is 0 Å². The van der Waals surface area contributed by atoms with Crippen LogP contribution < -0.4 is 0 Å². The van der Waals surface area contributed by atoms with Crippen molar-refractivity contribution in [3.05, 3.63) is 27.2 Å². The zero-order chi connectivity index (χ0) is 11.4. The molecule has 1 fully saturated rings. The number of nitrogens with one attached hydrogen (secondary N) is 1. The molecule has 1 N–H and O–H groups in total. The van der Waals surface area contributed by atoms with E-state index in [1.54, 1.807) is 6.07 Å². The highest BCUT2D eigenvalue weighted by atomic mass is 79.9. The Morgan fingerprint density at radius 1 is 1.56 bits per heavy atom. The molecule has 0 aliphatic heterocycles. The van der Waals surface area contributed by atoms with Gasteiger partial charge in [0.2, 0.25) is 0 Å². The van der Waals surface area contributed by atoms with Gasteiger partial charge in [0, 0.05) is 12.1 Å². The maximum Gasteiger partial charge on any atom is 0.178 e. The SMILES string of the molecule is CC1CC1n1c(=S)[nH]c2cc(Br)c(F)cc21. The van der Waals surface area contributed by atoms with Gasteiger partial charge in [0.25, 0.3) is 0 Å². The molecule has 1 aromatic carbocycles. The highest BCUT2D eigenvalue weighted by Gasteiger charge is 2.35. The van der Waals surface area contributed by atoms with Gasteiger partial charge in [0.1, 0.15) is 5.82 Å². The quantitative estimate of drug-likeness (QED) is 0.784. The average molecular weight is 301 g/mol. The van der Waals surface area contributed by atoms with Crippen LogP contribution in [-0.2, 0) is 0 Å². The van der Waals surface area contributed by atoms with Crippen LogP contribution in [0.2, 0.25) is 0 Å². The fourth-order valence-corrected chi connectivity index (χ4v) is 2.80. The van der Waals surface area contributed by atoms with E-state index in [9.17, 15) is 4.39 Å². The van der Waals surface area contributed by atoms with Gasteiger partial charge in [-0.2, -0.15) is 0 Å². The van der Waals surface area contributed by atoms with Gasteiger partial charge < -0.3 is 9.55 Å². The van der Waals surface area contributed by atoms with Gasteiger partial charge in [0.15, 0.2) is 4.77 Å². The number of fused-ring (bicyclic) bond motifs is 1. The molecular formula is C11H10BrFN2S. The van der Waals surface area contributed by atoms with Gasteiger partial charge in [-0.05, 0) is 46.6 Å². The summed E-state index contributed by atoms with van der Waals surface area (Å²) in [4.78, 5) is 3.12. The van der Waals surface area contributed by atoms with Crippen LogP contribution in [0, 0.1) is 16.5 Å². The zero-order valence-corrected chi connectivity index (χ0v) is 11.0. The number of halogens is 2. The molecule has 1 aromatic heterocycles. The highest BCUT2D eigenvalue weighted by Crippen LogP contribution is 2.44. The number of aromatic nitrogens is 2. The second-order valence-corrected chi connectivity index (χ2v) is 5.60. The van der Waals surface area contributed by atoms with Gasteiger partial charge >= 0.3 is 0 Å². The van der Waals surface area contributed by atoms with Crippen LogP contribution >= 0.6 is 28.1 Å². The van der Waals surface area contributed by atoms with Crippen molar-refractivity contribution >= 4 is 39.2 Å². The maximum atomic E-state index is 13.5. The van der Waals surface area contributed by atoms with Crippen molar-refractivity contribution in [2.75, 3.05) is 0 Å². The largest absolute Gasteiger partial charge is 0.331 e. The Morgan fingerprint density at radius 2 is 2.25 bits per heavy atom. The summed E-state index contributed by atoms with van der Waals surface area (Å²) in [7, 11) is 0. The summed E-state index contributed by atoms with van der Waals surface area (Å²) in [5.74, 6) is 0.390. The Morgan fingerprint density at radius 3 is 2.88 bits per heavy atom. The summed E-state index contributed by atoms with van der Waals surface area (Å²) >= 11 is 8.45. The van der Waals surface area contributed by atoms with Crippen LogP contribution in [-0.4, -0.2) is 9.55 Å². The second-order valence-electron chi connectivity index (χ2n) is 4.36.